The molecule has 2 heterocycles. The molecule has 4 nitrogen and oxygen atoms in total. The highest BCUT2D eigenvalue weighted by Gasteiger charge is 2.31. The van der Waals surface area contributed by atoms with Gasteiger partial charge < -0.3 is 5.11 Å². The highest BCUT2D eigenvalue weighted by atomic mass is 16.3. The average Bonchev–Trinajstić information content (AvgIpc) is 3.69. The molecule has 4 heteroatoms. The van der Waals surface area contributed by atoms with E-state index in [-0.39, 0.29) is 23.0 Å². The van der Waals surface area contributed by atoms with Gasteiger partial charge in [0, 0.05) is 35.2 Å². The maximum absolute atomic E-state index is 12.7. The van der Waals surface area contributed by atoms with Gasteiger partial charge in [-0.25, -0.2) is 4.98 Å². The Balaban J connectivity index is 1.58. The van der Waals surface area contributed by atoms with Crippen molar-refractivity contribution < 1.29 is 17.4 Å². The van der Waals surface area contributed by atoms with E-state index in [0.717, 1.165) is 61.3 Å². The monoisotopic (exact) mass is 881 g/mol. The molecule has 66 heavy (non-hydrogen) atoms. The van der Waals surface area contributed by atoms with Crippen LogP contribution in [-0.2, 0) is 16.2 Å². The molecular formula is C62H69N3O. The molecule has 0 aliphatic carbocycles. The molecule has 1 N–H and O–H groups in total. The Hall–Kier alpha value is -6.26. The number of aromatic hydroxyl groups is 1. The van der Waals surface area contributed by atoms with Crippen LogP contribution < -0.4 is 0 Å². The molecule has 6 aromatic carbocycles. The van der Waals surface area contributed by atoms with Crippen LogP contribution in [0.2, 0.25) is 0 Å². The van der Waals surface area contributed by atoms with E-state index >= 15 is 0 Å². The molecule has 0 saturated heterocycles. The van der Waals surface area contributed by atoms with E-state index in [9.17, 15) is 5.11 Å². The van der Waals surface area contributed by atoms with E-state index < -0.39 is 36.9 Å². The largest absolute Gasteiger partial charge is 0.507 e. The Morgan fingerprint density at radius 3 is 1.74 bits per heavy atom. The fourth-order valence-corrected chi connectivity index (χ4v) is 9.38. The maximum Gasteiger partial charge on any atom is 0.149 e. The van der Waals surface area contributed by atoms with E-state index in [1.54, 1.807) is 6.20 Å². The lowest BCUT2D eigenvalue weighted by Gasteiger charge is -2.28. The number of hydrogen-bond acceptors (Lipinski definition) is 3. The number of phenolic OH excluding ortho intramolecular Hbond substituents is 1. The van der Waals surface area contributed by atoms with Crippen molar-refractivity contribution in [3.8, 4) is 67.5 Å². The number of aryl methyl sites for hydroxylation is 1. The topological polar surface area (TPSA) is 50.9 Å². The summed E-state index contributed by atoms with van der Waals surface area (Å²) in [6.07, 6.45) is 1.72. The molecule has 338 valence electrons. The first-order valence-electron chi connectivity index (χ1n) is 27.6. The number of phenols is 1. The zero-order chi connectivity index (χ0) is 55.1. The van der Waals surface area contributed by atoms with Gasteiger partial charge in [-0.2, -0.15) is 0 Å². The molecule has 0 unspecified atom stereocenters. The van der Waals surface area contributed by atoms with Gasteiger partial charge in [0.15, 0.2) is 0 Å². The first-order valence-corrected chi connectivity index (χ1v) is 23.1. The van der Waals surface area contributed by atoms with Crippen LogP contribution in [0.4, 0.5) is 0 Å². The normalized spacial score (nSPS) is 15.1. The van der Waals surface area contributed by atoms with Crippen LogP contribution >= 0.6 is 0 Å². The third-order valence-corrected chi connectivity index (χ3v) is 13.0. The van der Waals surface area contributed by atoms with Crippen LogP contribution in [0, 0.1) is 13.8 Å². The molecule has 8 rings (SSSR count). The minimum atomic E-state index is -3.54. The maximum atomic E-state index is 12.7. The predicted octanol–water partition coefficient (Wildman–Crippen LogP) is 17.2. The lowest BCUT2D eigenvalue weighted by atomic mass is 9.78. The van der Waals surface area contributed by atoms with Crippen molar-refractivity contribution in [3.05, 3.63) is 166 Å². The molecule has 0 spiro atoms. The molecule has 0 radical (unpaired) electrons. The van der Waals surface area contributed by atoms with Crippen LogP contribution in [-0.4, -0.2) is 19.6 Å². The van der Waals surface area contributed by atoms with E-state index in [0.29, 0.717) is 44.8 Å². The molecule has 0 aliphatic heterocycles. The number of fused-ring (bicyclic) bond motifs is 1. The SMILES string of the molecule is [2H]C([2H])([2H])C(c1cc(-c2ncc(C)c(-c3ccccc3)c2C)cc(-c2cccc3c2nc(-c2cc(C(C)(C)C)cc(C(C)(C)C)c2O)n3-c2c(C(C)C)cc(-c3ccccc3)cc2C(C)C)c1)(C([2H])([2H])[2H])C([2H])([2H])[2H]. The van der Waals surface area contributed by atoms with Crippen molar-refractivity contribution in [1.29, 1.82) is 0 Å². The summed E-state index contributed by atoms with van der Waals surface area (Å²) in [5.41, 5.74) is 8.98. The molecule has 2 aromatic heterocycles. The first-order chi connectivity index (χ1) is 34.8. The fraction of sp³-hybridized carbons (Fsp3) is 0.323. The highest BCUT2D eigenvalue weighted by molar-refractivity contribution is 5.97. The second kappa shape index (κ2) is 17.2. The number of rotatable bonds is 8. The van der Waals surface area contributed by atoms with Crippen molar-refractivity contribution in [1.82, 2.24) is 14.5 Å². The molecule has 0 aliphatic rings. The highest BCUT2D eigenvalue weighted by Crippen LogP contribution is 2.47. The second-order valence-corrected chi connectivity index (χ2v) is 20.7. The number of benzene rings is 6. The number of nitrogens with zero attached hydrogens (tertiary/aromatic N) is 3. The summed E-state index contributed by atoms with van der Waals surface area (Å²) >= 11 is 0. The molecule has 0 amide bonds. The minimum absolute atomic E-state index is 0.00678. The summed E-state index contributed by atoms with van der Waals surface area (Å²) < 4.78 is 82.1. The van der Waals surface area contributed by atoms with Gasteiger partial charge in [-0.05, 0) is 140 Å². The second-order valence-electron chi connectivity index (χ2n) is 20.7. The average molecular weight is 881 g/mol. The minimum Gasteiger partial charge on any atom is -0.507 e. The Labute approximate surface area is 407 Å². The third kappa shape index (κ3) is 8.63. The predicted molar refractivity (Wildman–Crippen MR) is 281 cm³/mol. The Bertz CT molecular complexity index is 3380. The van der Waals surface area contributed by atoms with Crippen molar-refractivity contribution in [2.75, 3.05) is 0 Å². The van der Waals surface area contributed by atoms with E-state index in [1.807, 2.05) is 92.7 Å². The van der Waals surface area contributed by atoms with Crippen LogP contribution in [0.3, 0.4) is 0 Å². The van der Waals surface area contributed by atoms with Gasteiger partial charge in [-0.3, -0.25) is 9.55 Å². The van der Waals surface area contributed by atoms with Gasteiger partial charge in [0.05, 0.1) is 28.0 Å². The van der Waals surface area contributed by atoms with E-state index in [1.165, 1.54) is 12.1 Å². The van der Waals surface area contributed by atoms with E-state index in [2.05, 4.69) is 104 Å². The van der Waals surface area contributed by atoms with Crippen LogP contribution in [0.1, 0.15) is 153 Å². The summed E-state index contributed by atoms with van der Waals surface area (Å²) in [5, 5.41) is 12.7. The number of pyridine rings is 1. The van der Waals surface area contributed by atoms with E-state index in [4.69, 9.17) is 22.3 Å². The Kier molecular flexibility index (Phi) is 9.36. The van der Waals surface area contributed by atoms with Gasteiger partial charge in [0.25, 0.3) is 0 Å². The molecule has 0 saturated carbocycles. The lowest BCUT2D eigenvalue weighted by molar-refractivity contribution is 0.446. The Morgan fingerprint density at radius 1 is 0.576 bits per heavy atom. The first kappa shape index (κ1) is 35.9. The number of aromatic nitrogens is 3. The summed E-state index contributed by atoms with van der Waals surface area (Å²) in [6, 6.07) is 39.0. The number of hydrogen-bond donors (Lipinski definition) is 1. The van der Waals surface area contributed by atoms with Crippen molar-refractivity contribution in [3.63, 3.8) is 0 Å². The van der Waals surface area contributed by atoms with Gasteiger partial charge in [0.1, 0.15) is 11.6 Å². The number of para-hydroxylation sites is 1. The Morgan fingerprint density at radius 2 is 1.17 bits per heavy atom. The van der Waals surface area contributed by atoms with Crippen molar-refractivity contribution in [2.45, 2.75) is 132 Å². The zero-order valence-electron chi connectivity index (χ0n) is 49.6. The van der Waals surface area contributed by atoms with Gasteiger partial charge in [-0.15, -0.1) is 0 Å². The fourth-order valence-electron chi connectivity index (χ4n) is 9.38. The lowest BCUT2D eigenvalue weighted by Crippen LogP contribution is -2.17. The zero-order valence-corrected chi connectivity index (χ0v) is 40.6. The quantitative estimate of drug-likeness (QED) is 0.165. The number of imidazole rings is 1. The summed E-state index contributed by atoms with van der Waals surface area (Å²) in [6.45, 7) is 14.6. The van der Waals surface area contributed by atoms with Crippen molar-refractivity contribution in [2.24, 2.45) is 0 Å². The smallest absolute Gasteiger partial charge is 0.149 e. The summed E-state index contributed by atoms with van der Waals surface area (Å²) in [4.78, 5) is 10.5. The van der Waals surface area contributed by atoms with Gasteiger partial charge in [-0.1, -0.05) is 175 Å². The van der Waals surface area contributed by atoms with Gasteiger partial charge >= 0.3 is 0 Å². The standard InChI is InChI=1S/C62H69N3O/c1-37(2)49-32-43(41-23-18-16-19-24-41)33-50(38(3)4)57(49)65-53-28-22-27-48(56(53)64-59(65)51-34-47(61(10,11)12)35-52(58(51)66)62(13,14)15)44-29-45(31-46(30-44)60(7,8)9)55-40(6)54(39(5)36-63-55)42-25-20-17-21-26-42/h16-38,66H,1-15H3/i7D3,8D3,9D3. The summed E-state index contributed by atoms with van der Waals surface area (Å²) in [5.74, 6) is 0.563. The molecule has 0 fully saturated rings. The molecular weight excluding hydrogens is 803 g/mol. The van der Waals surface area contributed by atoms with Crippen LogP contribution in [0.5, 0.6) is 5.75 Å². The molecule has 8 aromatic rings. The van der Waals surface area contributed by atoms with Gasteiger partial charge in [0.2, 0.25) is 0 Å². The van der Waals surface area contributed by atoms with Crippen LogP contribution in [0.25, 0.3) is 72.7 Å². The molecule has 0 bridgehead atoms. The summed E-state index contributed by atoms with van der Waals surface area (Å²) in [7, 11) is 0. The van der Waals surface area contributed by atoms with Crippen LogP contribution in [0.15, 0.2) is 128 Å². The van der Waals surface area contributed by atoms with Crippen molar-refractivity contribution >= 4 is 11.0 Å². The third-order valence-electron chi connectivity index (χ3n) is 13.0. The molecule has 0 atom stereocenters.